The summed E-state index contributed by atoms with van der Waals surface area (Å²) in [6.45, 7) is 5.58. The molecule has 0 amide bonds. The predicted molar refractivity (Wildman–Crippen MR) is 107 cm³/mol. The Balaban J connectivity index is 1.39. The molecule has 4 rings (SSSR count). The minimum atomic E-state index is 0.126. The zero-order chi connectivity index (χ0) is 18.6. The van der Waals surface area contributed by atoms with Crippen LogP contribution in [0.4, 0.5) is 5.69 Å². The maximum atomic E-state index is 6.22. The van der Waals surface area contributed by atoms with Crippen LogP contribution in [0.3, 0.4) is 0 Å². The average Bonchev–Trinajstić information content (AvgIpc) is 3.16. The first-order valence-electron chi connectivity index (χ1n) is 9.43. The molecule has 2 heterocycles. The Morgan fingerprint density at radius 3 is 2.70 bits per heavy atom. The van der Waals surface area contributed by atoms with Crippen LogP contribution in [0.15, 0.2) is 65.2 Å². The summed E-state index contributed by atoms with van der Waals surface area (Å²) in [5, 5.41) is 4.20. The van der Waals surface area contributed by atoms with Crippen molar-refractivity contribution < 1.29 is 9.26 Å². The third kappa shape index (κ3) is 3.98. The van der Waals surface area contributed by atoms with E-state index in [-0.39, 0.29) is 6.10 Å². The minimum Gasteiger partial charge on any atom is -0.485 e. The first-order chi connectivity index (χ1) is 13.2. The van der Waals surface area contributed by atoms with E-state index in [1.807, 2.05) is 48.5 Å². The SMILES string of the molecule is CCN1CC(CN(C)Cc2cc(-c3ccccc3)no2)Oc2ccccc21. The normalized spacial score (nSPS) is 16.3. The molecule has 0 saturated carbocycles. The van der Waals surface area contributed by atoms with E-state index in [4.69, 9.17) is 9.26 Å². The van der Waals surface area contributed by atoms with Crippen molar-refractivity contribution in [2.24, 2.45) is 0 Å². The first kappa shape index (κ1) is 17.6. The highest BCUT2D eigenvalue weighted by Crippen LogP contribution is 2.33. The van der Waals surface area contributed by atoms with Crippen LogP contribution in [-0.2, 0) is 6.54 Å². The van der Waals surface area contributed by atoms with Crippen molar-refractivity contribution in [2.75, 3.05) is 31.6 Å². The first-order valence-corrected chi connectivity index (χ1v) is 9.43. The highest BCUT2D eigenvalue weighted by atomic mass is 16.5. The summed E-state index contributed by atoms with van der Waals surface area (Å²) in [4.78, 5) is 4.60. The van der Waals surface area contributed by atoms with Crippen LogP contribution in [0.25, 0.3) is 11.3 Å². The van der Waals surface area contributed by atoms with Crippen LogP contribution < -0.4 is 9.64 Å². The standard InChI is InChI=1S/C22H25N3O2/c1-3-25-16-19(26-22-12-8-7-11-21(22)25)15-24(2)14-18-13-20(23-27-18)17-9-5-4-6-10-17/h4-13,19H,3,14-16H2,1-2H3. The second-order valence-corrected chi connectivity index (χ2v) is 6.99. The molecule has 0 bridgehead atoms. The van der Waals surface area contributed by atoms with Gasteiger partial charge in [0.25, 0.3) is 0 Å². The van der Waals surface area contributed by atoms with E-state index in [1.165, 1.54) is 5.69 Å². The molecule has 0 saturated heterocycles. The third-order valence-electron chi connectivity index (χ3n) is 4.87. The Morgan fingerprint density at radius 2 is 1.89 bits per heavy atom. The molecule has 5 heteroatoms. The largest absolute Gasteiger partial charge is 0.485 e. The number of aromatic nitrogens is 1. The second-order valence-electron chi connectivity index (χ2n) is 6.99. The maximum Gasteiger partial charge on any atom is 0.151 e. The summed E-state index contributed by atoms with van der Waals surface area (Å²) in [6, 6.07) is 20.4. The number of para-hydroxylation sites is 2. The molecule has 0 radical (unpaired) electrons. The Hall–Kier alpha value is -2.79. The Labute approximate surface area is 160 Å². The van der Waals surface area contributed by atoms with Gasteiger partial charge in [0.1, 0.15) is 17.5 Å². The molecule has 3 aromatic rings. The fourth-order valence-electron chi connectivity index (χ4n) is 3.58. The molecular formula is C22H25N3O2. The van der Waals surface area contributed by atoms with E-state index in [0.717, 1.165) is 42.4 Å². The van der Waals surface area contributed by atoms with Gasteiger partial charge >= 0.3 is 0 Å². The van der Waals surface area contributed by atoms with Gasteiger partial charge in [-0.1, -0.05) is 47.6 Å². The number of likely N-dealkylation sites (N-methyl/N-ethyl adjacent to an activating group) is 2. The van der Waals surface area contributed by atoms with E-state index < -0.39 is 0 Å². The van der Waals surface area contributed by atoms with Crippen LogP contribution in [0.5, 0.6) is 5.75 Å². The summed E-state index contributed by atoms with van der Waals surface area (Å²) >= 11 is 0. The van der Waals surface area contributed by atoms with E-state index in [0.29, 0.717) is 6.54 Å². The molecule has 1 unspecified atom stereocenters. The lowest BCUT2D eigenvalue weighted by molar-refractivity contribution is 0.134. The highest BCUT2D eigenvalue weighted by Gasteiger charge is 2.25. The molecule has 0 aliphatic carbocycles. The van der Waals surface area contributed by atoms with Gasteiger partial charge in [-0.15, -0.1) is 0 Å². The molecule has 1 atom stereocenters. The van der Waals surface area contributed by atoms with Crippen LogP contribution in [0.1, 0.15) is 12.7 Å². The Bertz CT molecular complexity index is 878. The lowest BCUT2D eigenvalue weighted by atomic mass is 10.1. The highest BCUT2D eigenvalue weighted by molar-refractivity contribution is 5.60. The van der Waals surface area contributed by atoms with Crippen LogP contribution in [0, 0.1) is 0 Å². The van der Waals surface area contributed by atoms with Crippen LogP contribution in [-0.4, -0.2) is 42.8 Å². The van der Waals surface area contributed by atoms with Gasteiger partial charge in [0, 0.05) is 24.7 Å². The molecule has 5 nitrogen and oxygen atoms in total. The quantitative estimate of drug-likeness (QED) is 0.661. The summed E-state index contributed by atoms with van der Waals surface area (Å²) in [7, 11) is 2.09. The summed E-state index contributed by atoms with van der Waals surface area (Å²) in [6.07, 6.45) is 0.126. The monoisotopic (exact) mass is 363 g/mol. The fourth-order valence-corrected chi connectivity index (χ4v) is 3.58. The number of nitrogens with zero attached hydrogens (tertiary/aromatic N) is 3. The summed E-state index contributed by atoms with van der Waals surface area (Å²) < 4.78 is 11.8. The van der Waals surface area contributed by atoms with Crippen molar-refractivity contribution in [1.82, 2.24) is 10.1 Å². The van der Waals surface area contributed by atoms with Crippen molar-refractivity contribution in [3.05, 3.63) is 66.4 Å². The molecule has 140 valence electrons. The van der Waals surface area contributed by atoms with Crippen molar-refractivity contribution in [3.8, 4) is 17.0 Å². The Morgan fingerprint density at radius 1 is 1.11 bits per heavy atom. The van der Waals surface area contributed by atoms with Crippen molar-refractivity contribution in [3.63, 3.8) is 0 Å². The maximum absolute atomic E-state index is 6.22. The molecule has 1 aromatic heterocycles. The van der Waals surface area contributed by atoms with Gasteiger partial charge in [0.05, 0.1) is 18.8 Å². The molecule has 2 aromatic carbocycles. The van der Waals surface area contributed by atoms with E-state index in [9.17, 15) is 0 Å². The van der Waals surface area contributed by atoms with Crippen LogP contribution >= 0.6 is 0 Å². The van der Waals surface area contributed by atoms with Gasteiger partial charge in [-0.3, -0.25) is 4.90 Å². The van der Waals surface area contributed by atoms with Gasteiger partial charge in [-0.05, 0) is 26.1 Å². The molecule has 0 spiro atoms. The van der Waals surface area contributed by atoms with Crippen molar-refractivity contribution >= 4 is 5.69 Å². The van der Waals surface area contributed by atoms with Crippen molar-refractivity contribution in [2.45, 2.75) is 19.6 Å². The third-order valence-corrected chi connectivity index (χ3v) is 4.87. The summed E-state index contributed by atoms with van der Waals surface area (Å²) in [5.41, 5.74) is 3.13. The summed E-state index contributed by atoms with van der Waals surface area (Å²) in [5.74, 6) is 1.83. The molecule has 0 fully saturated rings. The number of ether oxygens (including phenoxy) is 1. The van der Waals surface area contributed by atoms with Gasteiger partial charge in [-0.2, -0.15) is 0 Å². The van der Waals surface area contributed by atoms with Gasteiger partial charge in [0.15, 0.2) is 5.76 Å². The average molecular weight is 363 g/mol. The second kappa shape index (κ2) is 7.84. The molecule has 1 aliphatic heterocycles. The number of rotatable bonds is 6. The molecule has 0 N–H and O–H groups in total. The fraction of sp³-hybridized carbons (Fsp3) is 0.318. The number of hydrogen-bond donors (Lipinski definition) is 0. The number of benzene rings is 2. The van der Waals surface area contributed by atoms with E-state index >= 15 is 0 Å². The van der Waals surface area contributed by atoms with Crippen molar-refractivity contribution in [1.29, 1.82) is 0 Å². The Kier molecular flexibility index (Phi) is 5.12. The molecule has 27 heavy (non-hydrogen) atoms. The predicted octanol–water partition coefficient (Wildman–Crippen LogP) is 4.06. The number of fused-ring (bicyclic) bond motifs is 1. The van der Waals surface area contributed by atoms with Gasteiger partial charge in [-0.25, -0.2) is 0 Å². The zero-order valence-electron chi connectivity index (χ0n) is 15.8. The zero-order valence-corrected chi connectivity index (χ0v) is 15.8. The smallest absolute Gasteiger partial charge is 0.151 e. The lowest BCUT2D eigenvalue weighted by Crippen LogP contribution is -2.45. The number of hydrogen-bond acceptors (Lipinski definition) is 5. The molecular weight excluding hydrogens is 338 g/mol. The van der Waals surface area contributed by atoms with Gasteiger partial charge < -0.3 is 14.2 Å². The molecule has 1 aliphatic rings. The number of anilines is 1. The lowest BCUT2D eigenvalue weighted by Gasteiger charge is -2.37. The van der Waals surface area contributed by atoms with Crippen LogP contribution in [0.2, 0.25) is 0 Å². The van der Waals surface area contributed by atoms with Gasteiger partial charge in [0.2, 0.25) is 0 Å². The van der Waals surface area contributed by atoms with E-state index in [1.54, 1.807) is 0 Å². The topological polar surface area (TPSA) is 41.7 Å². The minimum absolute atomic E-state index is 0.126. The van der Waals surface area contributed by atoms with E-state index in [2.05, 4.69) is 41.1 Å².